The molecule has 1 saturated heterocycles. The fourth-order valence-corrected chi connectivity index (χ4v) is 5.44. The monoisotopic (exact) mass is 360 g/mol. The maximum Gasteiger partial charge on any atom is 0.335 e. The minimum absolute atomic E-state index is 0.118. The molecule has 0 unspecified atom stereocenters. The standard InChI is InChI=1S/C23H24N2O2/c1-27-22(26)17-11-12-20-23(18-9-5-6-10-19(18)24-21(17)23)13-14-25(20)15-16-7-3-2-4-8-16/h2-10,20,24H,11-15H2,1H3/t20-,23+/m0/s1. The molecular formula is C23H24N2O2. The van der Waals surface area contributed by atoms with Gasteiger partial charge < -0.3 is 10.1 Å². The van der Waals surface area contributed by atoms with E-state index in [1.807, 2.05) is 0 Å². The van der Waals surface area contributed by atoms with Crippen molar-refractivity contribution in [2.24, 2.45) is 0 Å². The van der Waals surface area contributed by atoms with E-state index in [0.29, 0.717) is 6.04 Å². The quantitative estimate of drug-likeness (QED) is 0.845. The van der Waals surface area contributed by atoms with Crippen LogP contribution in [0.25, 0.3) is 0 Å². The van der Waals surface area contributed by atoms with E-state index in [2.05, 4.69) is 64.8 Å². The van der Waals surface area contributed by atoms with Gasteiger partial charge in [0.15, 0.2) is 0 Å². The molecule has 1 N–H and O–H groups in total. The van der Waals surface area contributed by atoms with Crippen molar-refractivity contribution in [3.63, 3.8) is 0 Å². The van der Waals surface area contributed by atoms with Crippen LogP contribution in [0.15, 0.2) is 65.9 Å². The summed E-state index contributed by atoms with van der Waals surface area (Å²) in [4.78, 5) is 15.1. The van der Waals surface area contributed by atoms with Crippen LogP contribution in [-0.2, 0) is 21.5 Å². The van der Waals surface area contributed by atoms with Crippen LogP contribution < -0.4 is 5.32 Å². The van der Waals surface area contributed by atoms with Gasteiger partial charge in [-0.1, -0.05) is 48.5 Å². The molecule has 0 aromatic heterocycles. The van der Waals surface area contributed by atoms with Gasteiger partial charge in [0.05, 0.1) is 18.1 Å². The summed E-state index contributed by atoms with van der Waals surface area (Å²) < 4.78 is 5.11. The van der Waals surface area contributed by atoms with Crippen molar-refractivity contribution in [1.29, 1.82) is 0 Å². The number of esters is 1. The lowest BCUT2D eigenvalue weighted by atomic mass is 9.67. The minimum atomic E-state index is -0.190. The number of nitrogens with zero attached hydrogens (tertiary/aromatic N) is 1. The van der Waals surface area contributed by atoms with Crippen LogP contribution in [-0.4, -0.2) is 30.6 Å². The van der Waals surface area contributed by atoms with Crippen LogP contribution in [0.3, 0.4) is 0 Å². The molecule has 1 spiro atoms. The van der Waals surface area contributed by atoms with Crippen molar-refractivity contribution in [3.8, 4) is 0 Å². The summed E-state index contributed by atoms with van der Waals surface area (Å²) in [6.45, 7) is 1.99. The molecule has 4 nitrogen and oxygen atoms in total. The molecule has 138 valence electrons. The van der Waals surface area contributed by atoms with Crippen LogP contribution in [0.1, 0.15) is 30.4 Å². The van der Waals surface area contributed by atoms with Crippen LogP contribution in [0.4, 0.5) is 5.69 Å². The van der Waals surface area contributed by atoms with Gasteiger partial charge in [0.1, 0.15) is 0 Å². The van der Waals surface area contributed by atoms with E-state index >= 15 is 0 Å². The Morgan fingerprint density at radius 2 is 1.96 bits per heavy atom. The zero-order chi connectivity index (χ0) is 18.4. The third-order valence-corrected chi connectivity index (χ3v) is 6.55. The number of carbonyl (C=O) groups is 1. The molecule has 1 aliphatic carbocycles. The predicted octanol–water partition coefficient (Wildman–Crippen LogP) is 3.85. The summed E-state index contributed by atoms with van der Waals surface area (Å²) >= 11 is 0. The molecule has 0 bridgehead atoms. The molecule has 0 saturated carbocycles. The minimum Gasteiger partial charge on any atom is -0.466 e. The third kappa shape index (κ3) is 2.36. The largest absolute Gasteiger partial charge is 0.466 e. The van der Waals surface area contributed by atoms with E-state index in [-0.39, 0.29) is 11.4 Å². The van der Waals surface area contributed by atoms with Gasteiger partial charge >= 0.3 is 5.97 Å². The summed E-state index contributed by atoms with van der Waals surface area (Å²) in [6, 6.07) is 19.6. The number of rotatable bonds is 3. The van der Waals surface area contributed by atoms with Crippen LogP contribution >= 0.6 is 0 Å². The SMILES string of the molecule is COC(=O)C1=C2Nc3ccccc3[C@@]23CCN(Cc2ccccc2)[C@H]3CC1. The van der Waals surface area contributed by atoms with E-state index in [4.69, 9.17) is 4.74 Å². The Morgan fingerprint density at radius 1 is 1.19 bits per heavy atom. The van der Waals surface area contributed by atoms with Gasteiger partial charge in [0.2, 0.25) is 0 Å². The first-order chi connectivity index (χ1) is 13.2. The summed E-state index contributed by atoms with van der Waals surface area (Å²) in [5, 5.41) is 3.60. The lowest BCUT2D eigenvalue weighted by Crippen LogP contribution is -2.46. The molecule has 2 aromatic rings. The zero-order valence-corrected chi connectivity index (χ0v) is 15.6. The Hall–Kier alpha value is -2.59. The lowest BCUT2D eigenvalue weighted by Gasteiger charge is -2.41. The smallest absolute Gasteiger partial charge is 0.335 e. The maximum atomic E-state index is 12.5. The molecule has 4 heteroatoms. The molecule has 0 radical (unpaired) electrons. The van der Waals surface area contributed by atoms with Gasteiger partial charge in [-0.25, -0.2) is 4.79 Å². The van der Waals surface area contributed by atoms with Crippen molar-refractivity contribution in [2.45, 2.75) is 37.3 Å². The Balaban J connectivity index is 1.60. The van der Waals surface area contributed by atoms with Gasteiger partial charge in [-0.15, -0.1) is 0 Å². The fraction of sp³-hybridized carbons (Fsp3) is 0.348. The van der Waals surface area contributed by atoms with E-state index in [0.717, 1.165) is 49.3 Å². The van der Waals surface area contributed by atoms with Gasteiger partial charge in [0, 0.05) is 30.5 Å². The Bertz CT molecular complexity index is 921. The second kappa shape index (κ2) is 6.24. The second-order valence-corrected chi connectivity index (χ2v) is 7.75. The van der Waals surface area contributed by atoms with Crippen molar-refractivity contribution >= 4 is 11.7 Å². The topological polar surface area (TPSA) is 41.6 Å². The van der Waals surface area contributed by atoms with Crippen molar-refractivity contribution in [2.75, 3.05) is 19.0 Å². The molecule has 2 aromatic carbocycles. The number of anilines is 1. The summed E-state index contributed by atoms with van der Waals surface area (Å²) in [5.41, 5.74) is 5.61. The van der Waals surface area contributed by atoms with Gasteiger partial charge in [0.25, 0.3) is 0 Å². The Kier molecular flexibility index (Phi) is 3.83. The average molecular weight is 360 g/mol. The summed E-state index contributed by atoms with van der Waals surface area (Å²) in [6.07, 6.45) is 2.78. The highest BCUT2D eigenvalue weighted by molar-refractivity contribution is 5.92. The normalized spacial score (nSPS) is 26.2. The average Bonchev–Trinajstić information content (AvgIpc) is 3.25. The van der Waals surface area contributed by atoms with E-state index in [1.54, 1.807) is 0 Å². The van der Waals surface area contributed by atoms with E-state index in [1.165, 1.54) is 18.2 Å². The van der Waals surface area contributed by atoms with Crippen LogP contribution in [0.5, 0.6) is 0 Å². The first-order valence-electron chi connectivity index (χ1n) is 9.70. The molecular weight excluding hydrogens is 336 g/mol. The first-order valence-corrected chi connectivity index (χ1v) is 9.70. The van der Waals surface area contributed by atoms with Gasteiger partial charge in [-0.3, -0.25) is 4.90 Å². The molecule has 5 rings (SSSR count). The number of nitrogens with one attached hydrogen (secondary N) is 1. The van der Waals surface area contributed by atoms with Crippen molar-refractivity contribution in [3.05, 3.63) is 77.0 Å². The van der Waals surface area contributed by atoms with Crippen LogP contribution in [0.2, 0.25) is 0 Å². The van der Waals surface area contributed by atoms with E-state index in [9.17, 15) is 4.79 Å². The third-order valence-electron chi connectivity index (χ3n) is 6.55. The number of methoxy groups -OCH3 is 1. The molecule has 2 atom stereocenters. The number of hydrogen-bond donors (Lipinski definition) is 1. The number of likely N-dealkylation sites (tertiary alicyclic amines) is 1. The Morgan fingerprint density at radius 3 is 2.78 bits per heavy atom. The number of fused-ring (bicyclic) bond motifs is 1. The molecule has 3 aliphatic rings. The first kappa shape index (κ1) is 16.6. The fourth-order valence-electron chi connectivity index (χ4n) is 5.44. The maximum absolute atomic E-state index is 12.5. The second-order valence-electron chi connectivity index (χ2n) is 7.75. The predicted molar refractivity (Wildman–Crippen MR) is 105 cm³/mol. The Labute approximate surface area is 159 Å². The van der Waals surface area contributed by atoms with Gasteiger partial charge in [-0.2, -0.15) is 0 Å². The summed E-state index contributed by atoms with van der Waals surface area (Å²) in [5.74, 6) is -0.190. The number of benzene rings is 2. The lowest BCUT2D eigenvalue weighted by molar-refractivity contribution is -0.136. The number of hydrogen-bond acceptors (Lipinski definition) is 4. The molecule has 1 fully saturated rings. The molecule has 27 heavy (non-hydrogen) atoms. The summed E-state index contributed by atoms with van der Waals surface area (Å²) in [7, 11) is 1.48. The van der Waals surface area contributed by atoms with Crippen molar-refractivity contribution in [1.82, 2.24) is 4.90 Å². The zero-order valence-electron chi connectivity index (χ0n) is 15.6. The highest BCUT2D eigenvalue weighted by atomic mass is 16.5. The number of carbonyl (C=O) groups excluding carboxylic acids is 1. The van der Waals surface area contributed by atoms with E-state index < -0.39 is 0 Å². The number of para-hydroxylation sites is 1. The molecule has 2 aliphatic heterocycles. The molecule has 2 heterocycles. The van der Waals surface area contributed by atoms with Crippen LogP contribution in [0, 0.1) is 0 Å². The highest BCUT2D eigenvalue weighted by Gasteiger charge is 2.57. The molecule has 0 amide bonds. The van der Waals surface area contributed by atoms with Gasteiger partial charge in [-0.05, 0) is 36.5 Å². The highest BCUT2D eigenvalue weighted by Crippen LogP contribution is 2.57. The van der Waals surface area contributed by atoms with Crippen molar-refractivity contribution < 1.29 is 9.53 Å². The number of ether oxygens (including phenoxy) is 1.